The van der Waals surface area contributed by atoms with Crippen molar-refractivity contribution in [2.75, 3.05) is 17.6 Å². The highest BCUT2D eigenvalue weighted by Gasteiger charge is 2.18. The van der Waals surface area contributed by atoms with Gasteiger partial charge in [0.15, 0.2) is 12.1 Å². The molecule has 0 aliphatic heterocycles. The van der Waals surface area contributed by atoms with Gasteiger partial charge in [-0.1, -0.05) is 49.4 Å². The number of hydrogen-bond acceptors (Lipinski definition) is 6. The van der Waals surface area contributed by atoms with Gasteiger partial charge in [-0.25, -0.2) is 0 Å². The first-order valence-electron chi connectivity index (χ1n) is 11.0. The van der Waals surface area contributed by atoms with Gasteiger partial charge in [-0.05, 0) is 30.0 Å². The lowest BCUT2D eigenvalue weighted by Crippen LogP contribution is -2.22. The minimum Gasteiger partial charge on any atom is -0.381 e. The number of pyridine rings is 1. The molecule has 0 saturated carbocycles. The van der Waals surface area contributed by atoms with Gasteiger partial charge in [0, 0.05) is 30.5 Å². The van der Waals surface area contributed by atoms with E-state index in [0.29, 0.717) is 23.3 Å². The molecule has 180 valence electrons. The predicted molar refractivity (Wildman–Crippen MR) is 139 cm³/mol. The number of nitrogens with two attached hydrogens (primary N) is 2. The first-order chi connectivity index (χ1) is 16.8. The molecule has 0 aliphatic rings. The van der Waals surface area contributed by atoms with Crippen LogP contribution in [0, 0.1) is 0 Å². The Balaban J connectivity index is 0.000000214. The number of aromatic nitrogens is 3. The van der Waals surface area contributed by atoms with E-state index < -0.39 is 5.91 Å². The van der Waals surface area contributed by atoms with Crippen LogP contribution in [0.2, 0.25) is 0 Å². The number of carbonyl (C=O) groups is 2. The third kappa shape index (κ3) is 5.14. The van der Waals surface area contributed by atoms with Gasteiger partial charge in [-0.3, -0.25) is 23.6 Å². The maximum Gasteiger partial charge on any atom is 0.263 e. The summed E-state index contributed by atoms with van der Waals surface area (Å²) in [6.07, 6.45) is 3.14. The number of amides is 1. The monoisotopic (exact) mass is 472 g/mol. The molecular formula is C26H28N6O3. The first-order valence-corrected chi connectivity index (χ1v) is 11.0. The Bertz CT molecular complexity index is 1440. The molecule has 0 aliphatic carbocycles. The molecule has 2 heterocycles. The zero-order chi connectivity index (χ0) is 25.5. The summed E-state index contributed by atoms with van der Waals surface area (Å²) in [6, 6.07) is 16.8. The lowest BCUT2D eigenvalue weighted by molar-refractivity contribution is 0.100. The summed E-state index contributed by atoms with van der Waals surface area (Å²) in [7, 11) is 1.67. The van der Waals surface area contributed by atoms with Crippen molar-refractivity contribution in [3.8, 4) is 5.69 Å². The van der Waals surface area contributed by atoms with E-state index in [1.54, 1.807) is 29.8 Å². The van der Waals surface area contributed by atoms with Gasteiger partial charge in [0.2, 0.25) is 0 Å². The summed E-state index contributed by atoms with van der Waals surface area (Å²) in [4.78, 5) is 35.2. The molecule has 0 fully saturated rings. The molecule has 2 aromatic carbocycles. The minimum absolute atomic E-state index is 0.131. The zero-order valence-corrected chi connectivity index (χ0v) is 19.7. The number of primary amides is 1. The fourth-order valence-corrected chi connectivity index (χ4v) is 3.82. The van der Waals surface area contributed by atoms with E-state index in [-0.39, 0.29) is 16.9 Å². The zero-order valence-electron chi connectivity index (χ0n) is 19.7. The number of nitrogens with one attached hydrogen (secondary N) is 1. The van der Waals surface area contributed by atoms with Crippen molar-refractivity contribution in [1.29, 1.82) is 0 Å². The SMILES string of the molecule is C=CCNc1c(C(N)=O)c(N)nn1C.CCc1cc2cccc(C=O)c2c(=O)n1-c1ccccc1. The van der Waals surface area contributed by atoms with Crippen LogP contribution in [-0.4, -0.2) is 33.1 Å². The van der Waals surface area contributed by atoms with Crippen molar-refractivity contribution < 1.29 is 9.59 Å². The number of rotatable bonds is 7. The van der Waals surface area contributed by atoms with Gasteiger partial charge in [0.1, 0.15) is 11.4 Å². The fraction of sp³-hybridized carbons (Fsp3) is 0.154. The molecule has 0 atom stereocenters. The summed E-state index contributed by atoms with van der Waals surface area (Å²) in [5.41, 5.74) is 12.9. The number of carbonyl (C=O) groups excluding carboxylic acids is 2. The van der Waals surface area contributed by atoms with Gasteiger partial charge >= 0.3 is 0 Å². The third-order valence-corrected chi connectivity index (χ3v) is 5.39. The summed E-state index contributed by atoms with van der Waals surface area (Å²) in [5, 5.41) is 8.11. The normalized spacial score (nSPS) is 10.3. The number of benzene rings is 2. The third-order valence-electron chi connectivity index (χ3n) is 5.39. The second-order valence-corrected chi connectivity index (χ2v) is 7.66. The molecular weight excluding hydrogens is 444 g/mol. The summed E-state index contributed by atoms with van der Waals surface area (Å²) in [5.74, 6) is 0.0450. The number of para-hydroxylation sites is 1. The second kappa shape index (κ2) is 11.0. The molecule has 0 bridgehead atoms. The molecule has 4 rings (SSSR count). The molecule has 35 heavy (non-hydrogen) atoms. The largest absolute Gasteiger partial charge is 0.381 e. The van der Waals surface area contributed by atoms with Crippen LogP contribution in [-0.2, 0) is 13.5 Å². The number of nitrogens with zero attached hydrogens (tertiary/aromatic N) is 3. The summed E-state index contributed by atoms with van der Waals surface area (Å²) < 4.78 is 3.16. The Morgan fingerprint density at radius 2 is 1.89 bits per heavy atom. The average molecular weight is 473 g/mol. The quantitative estimate of drug-likeness (QED) is 0.279. The molecule has 0 unspecified atom stereocenters. The lowest BCUT2D eigenvalue weighted by atomic mass is 10.0. The molecule has 0 saturated heterocycles. The van der Waals surface area contributed by atoms with Crippen molar-refractivity contribution >= 4 is 34.6 Å². The van der Waals surface area contributed by atoms with E-state index in [1.165, 1.54) is 4.68 Å². The van der Waals surface area contributed by atoms with Crippen molar-refractivity contribution in [3.05, 3.63) is 94.4 Å². The standard InChI is InChI=1S/C18H15NO2.C8H13N5O/c1-2-15-11-13-7-6-8-14(12-20)17(13)18(21)19(15)16-9-4-3-5-10-16;1-3-4-11-8-5(7(10)14)6(9)12-13(8)2/h3-12H,2H2,1H3;3,11H,1,4H2,2H3,(H2,9,12)(H2,10,14). The van der Waals surface area contributed by atoms with Crippen LogP contribution < -0.4 is 22.3 Å². The van der Waals surface area contributed by atoms with Crippen molar-refractivity contribution in [3.63, 3.8) is 0 Å². The topological polar surface area (TPSA) is 138 Å². The molecule has 2 aromatic heterocycles. The Labute approximate surface area is 202 Å². The van der Waals surface area contributed by atoms with Crippen molar-refractivity contribution in [2.45, 2.75) is 13.3 Å². The number of aryl methyl sites for hydroxylation is 2. The highest BCUT2D eigenvalue weighted by atomic mass is 16.1. The van der Waals surface area contributed by atoms with Gasteiger partial charge in [-0.2, -0.15) is 5.10 Å². The molecule has 4 aromatic rings. The molecule has 0 radical (unpaired) electrons. The Morgan fingerprint density at radius 1 is 1.17 bits per heavy atom. The van der Waals surface area contributed by atoms with E-state index in [0.717, 1.165) is 29.5 Å². The maximum atomic E-state index is 12.9. The number of anilines is 2. The molecule has 9 nitrogen and oxygen atoms in total. The Hall–Kier alpha value is -4.66. The van der Waals surface area contributed by atoms with Crippen LogP contribution in [0.5, 0.6) is 0 Å². The van der Waals surface area contributed by atoms with Crippen LogP contribution in [0.15, 0.2) is 72.0 Å². The van der Waals surface area contributed by atoms with Crippen LogP contribution in [0.1, 0.15) is 33.3 Å². The Kier molecular flexibility index (Phi) is 7.83. The van der Waals surface area contributed by atoms with E-state index >= 15 is 0 Å². The number of aldehydes is 1. The van der Waals surface area contributed by atoms with Gasteiger partial charge in [0.25, 0.3) is 11.5 Å². The highest BCUT2D eigenvalue weighted by Crippen LogP contribution is 2.20. The lowest BCUT2D eigenvalue weighted by Gasteiger charge is -2.14. The fourth-order valence-electron chi connectivity index (χ4n) is 3.82. The van der Waals surface area contributed by atoms with Crippen molar-refractivity contribution in [1.82, 2.24) is 14.3 Å². The van der Waals surface area contributed by atoms with Crippen molar-refractivity contribution in [2.24, 2.45) is 12.8 Å². The second-order valence-electron chi connectivity index (χ2n) is 7.66. The van der Waals surface area contributed by atoms with Gasteiger partial charge in [0.05, 0.1) is 5.39 Å². The number of nitrogen functional groups attached to an aromatic ring is 1. The highest BCUT2D eigenvalue weighted by molar-refractivity contribution is 6.02. The molecule has 5 N–H and O–H groups in total. The van der Waals surface area contributed by atoms with Crippen LogP contribution in [0.3, 0.4) is 0 Å². The van der Waals surface area contributed by atoms with E-state index in [2.05, 4.69) is 17.0 Å². The van der Waals surface area contributed by atoms with Crippen LogP contribution in [0.4, 0.5) is 11.6 Å². The molecule has 9 heteroatoms. The average Bonchev–Trinajstić information content (AvgIpc) is 3.15. The van der Waals surface area contributed by atoms with E-state index in [4.69, 9.17) is 11.5 Å². The number of hydrogen-bond donors (Lipinski definition) is 3. The smallest absolute Gasteiger partial charge is 0.263 e. The maximum absolute atomic E-state index is 12.9. The summed E-state index contributed by atoms with van der Waals surface area (Å²) in [6.45, 7) is 6.08. The summed E-state index contributed by atoms with van der Waals surface area (Å²) >= 11 is 0. The van der Waals surface area contributed by atoms with Gasteiger partial charge in [-0.15, -0.1) is 6.58 Å². The minimum atomic E-state index is -0.595. The van der Waals surface area contributed by atoms with E-state index in [1.807, 2.05) is 49.4 Å². The molecule has 1 amide bonds. The van der Waals surface area contributed by atoms with Crippen LogP contribution in [0.25, 0.3) is 16.5 Å². The molecule has 0 spiro atoms. The number of fused-ring (bicyclic) bond motifs is 1. The first kappa shape index (κ1) is 25.0. The van der Waals surface area contributed by atoms with Crippen LogP contribution >= 0.6 is 0 Å². The predicted octanol–water partition coefficient (Wildman–Crippen LogP) is 3.06. The van der Waals surface area contributed by atoms with Gasteiger partial charge < -0.3 is 16.8 Å². The van der Waals surface area contributed by atoms with E-state index in [9.17, 15) is 14.4 Å². The Morgan fingerprint density at radius 3 is 2.49 bits per heavy atom.